The minimum atomic E-state index is -0.987. The topological polar surface area (TPSA) is 49.3 Å². The second-order valence-electron chi connectivity index (χ2n) is 5.46. The van der Waals surface area contributed by atoms with E-state index in [1.807, 2.05) is 24.3 Å². The van der Waals surface area contributed by atoms with Crippen molar-refractivity contribution in [3.05, 3.63) is 81.6 Å². The molecule has 0 amide bonds. The first-order valence-electron chi connectivity index (χ1n) is 7.25. The van der Waals surface area contributed by atoms with E-state index >= 15 is 0 Å². The maximum Gasteiger partial charge on any atom is 0.333 e. The lowest BCUT2D eigenvalue weighted by Gasteiger charge is -2.31. The fourth-order valence-electron chi connectivity index (χ4n) is 2.85. The quantitative estimate of drug-likeness (QED) is 0.836. The monoisotopic (exact) mass is 375 g/mol. The Hall–Kier alpha value is -1.98. The van der Waals surface area contributed by atoms with Crippen LogP contribution in [-0.2, 0) is 4.79 Å². The first-order valence-corrected chi connectivity index (χ1v) is 8.04. The van der Waals surface area contributed by atoms with Crippen molar-refractivity contribution in [1.29, 1.82) is 0 Å². The van der Waals surface area contributed by atoms with E-state index in [0.29, 0.717) is 12.0 Å². The third kappa shape index (κ3) is 3.51. The Balaban J connectivity index is 1.97. The summed E-state index contributed by atoms with van der Waals surface area (Å²) in [5, 5.41) is 12.8. The Labute approximate surface area is 142 Å². The molecule has 1 heterocycles. The van der Waals surface area contributed by atoms with Crippen LogP contribution >= 0.6 is 15.9 Å². The number of hydrogen-bond acceptors (Lipinski definition) is 2. The summed E-state index contributed by atoms with van der Waals surface area (Å²) >= 11 is 3.45. The summed E-state index contributed by atoms with van der Waals surface area (Å²) in [5.74, 6) is -1.36. The number of carbonyl (C=O) groups is 1. The van der Waals surface area contributed by atoms with Crippen molar-refractivity contribution < 1.29 is 14.3 Å². The molecule has 0 fully saturated rings. The van der Waals surface area contributed by atoms with Crippen LogP contribution in [0.5, 0.6) is 0 Å². The van der Waals surface area contributed by atoms with Gasteiger partial charge in [-0.15, -0.1) is 0 Å². The van der Waals surface area contributed by atoms with Crippen LogP contribution in [0.25, 0.3) is 0 Å². The van der Waals surface area contributed by atoms with Gasteiger partial charge >= 0.3 is 5.97 Å². The van der Waals surface area contributed by atoms with Crippen LogP contribution in [0.15, 0.2) is 64.7 Å². The SMILES string of the molecule is O=C(O)C1=CCC(c2cccc(Br)c2)NC1c1cccc(F)c1. The molecule has 2 atom stereocenters. The molecule has 2 aromatic rings. The van der Waals surface area contributed by atoms with Gasteiger partial charge in [0.15, 0.2) is 0 Å². The lowest BCUT2D eigenvalue weighted by atomic mass is 9.89. The van der Waals surface area contributed by atoms with Gasteiger partial charge in [-0.2, -0.15) is 0 Å². The second-order valence-corrected chi connectivity index (χ2v) is 6.38. The molecule has 5 heteroatoms. The molecule has 3 nitrogen and oxygen atoms in total. The van der Waals surface area contributed by atoms with Gasteiger partial charge < -0.3 is 5.11 Å². The summed E-state index contributed by atoms with van der Waals surface area (Å²) in [5.41, 5.74) is 1.92. The third-order valence-electron chi connectivity index (χ3n) is 3.93. The smallest absolute Gasteiger partial charge is 0.333 e. The fourth-order valence-corrected chi connectivity index (χ4v) is 3.27. The van der Waals surface area contributed by atoms with E-state index in [4.69, 9.17) is 0 Å². The van der Waals surface area contributed by atoms with Gasteiger partial charge in [0.05, 0.1) is 11.6 Å². The Morgan fingerprint density at radius 3 is 2.61 bits per heavy atom. The number of benzene rings is 2. The zero-order valence-corrected chi connectivity index (χ0v) is 13.8. The molecule has 0 saturated carbocycles. The van der Waals surface area contributed by atoms with Gasteiger partial charge in [-0.3, -0.25) is 5.32 Å². The van der Waals surface area contributed by atoms with Crippen molar-refractivity contribution in [2.75, 3.05) is 0 Å². The highest BCUT2D eigenvalue weighted by molar-refractivity contribution is 9.10. The zero-order chi connectivity index (χ0) is 16.4. The molecule has 0 radical (unpaired) electrons. The highest BCUT2D eigenvalue weighted by atomic mass is 79.9. The van der Waals surface area contributed by atoms with Gasteiger partial charge in [0.25, 0.3) is 0 Å². The van der Waals surface area contributed by atoms with Gasteiger partial charge in [-0.1, -0.05) is 46.3 Å². The molecule has 0 aromatic heterocycles. The molecule has 23 heavy (non-hydrogen) atoms. The second kappa shape index (κ2) is 6.64. The van der Waals surface area contributed by atoms with Crippen LogP contribution in [0, 0.1) is 5.82 Å². The molecule has 0 saturated heterocycles. The molecule has 0 aliphatic carbocycles. The van der Waals surface area contributed by atoms with Crippen molar-refractivity contribution in [3.63, 3.8) is 0 Å². The highest BCUT2D eigenvalue weighted by Gasteiger charge is 2.29. The Morgan fingerprint density at radius 2 is 1.91 bits per heavy atom. The van der Waals surface area contributed by atoms with Crippen molar-refractivity contribution in [2.24, 2.45) is 0 Å². The summed E-state index contributed by atoms with van der Waals surface area (Å²) in [6, 6.07) is 13.4. The number of carboxylic acids is 1. The van der Waals surface area contributed by atoms with Crippen LogP contribution in [0.2, 0.25) is 0 Å². The molecule has 3 rings (SSSR count). The summed E-state index contributed by atoms with van der Waals surface area (Å²) < 4.78 is 14.5. The standard InChI is InChI=1S/C18H15BrFNO2/c19-13-5-1-3-11(9-13)16-8-7-15(18(22)23)17(21-16)12-4-2-6-14(20)10-12/h1-7,9-10,16-17,21H,8H2,(H,22,23). The summed E-state index contributed by atoms with van der Waals surface area (Å²) in [7, 11) is 0. The van der Waals surface area contributed by atoms with Gasteiger partial charge in [0.1, 0.15) is 5.82 Å². The average molecular weight is 376 g/mol. The van der Waals surface area contributed by atoms with Crippen LogP contribution in [-0.4, -0.2) is 11.1 Å². The fraction of sp³-hybridized carbons (Fsp3) is 0.167. The Kier molecular flexibility index (Phi) is 4.59. The van der Waals surface area contributed by atoms with E-state index in [1.165, 1.54) is 12.1 Å². The first kappa shape index (κ1) is 15.9. The highest BCUT2D eigenvalue weighted by Crippen LogP contribution is 2.34. The molecule has 2 unspecified atom stereocenters. The van der Waals surface area contributed by atoms with Crippen LogP contribution in [0.1, 0.15) is 29.6 Å². The maximum absolute atomic E-state index is 13.5. The predicted molar refractivity (Wildman–Crippen MR) is 89.5 cm³/mol. The minimum Gasteiger partial charge on any atom is -0.478 e. The van der Waals surface area contributed by atoms with Crippen molar-refractivity contribution in [1.82, 2.24) is 5.32 Å². The summed E-state index contributed by atoms with van der Waals surface area (Å²) in [4.78, 5) is 11.5. The number of aliphatic carboxylic acids is 1. The molecule has 2 N–H and O–H groups in total. The van der Waals surface area contributed by atoms with E-state index in [2.05, 4.69) is 21.2 Å². The molecule has 118 valence electrons. The molecule has 0 bridgehead atoms. The molecular weight excluding hydrogens is 361 g/mol. The number of rotatable bonds is 3. The number of carboxylic acid groups (broad SMARTS) is 1. The van der Waals surface area contributed by atoms with Crippen LogP contribution in [0.4, 0.5) is 4.39 Å². The molecular formula is C18H15BrFNO2. The van der Waals surface area contributed by atoms with Crippen molar-refractivity contribution in [3.8, 4) is 0 Å². The van der Waals surface area contributed by atoms with Gasteiger partial charge in [0, 0.05) is 10.5 Å². The number of halogens is 2. The number of hydrogen-bond donors (Lipinski definition) is 2. The normalized spacial score (nSPS) is 20.9. The number of nitrogens with one attached hydrogen (secondary N) is 1. The van der Waals surface area contributed by atoms with Crippen LogP contribution in [0.3, 0.4) is 0 Å². The lowest BCUT2D eigenvalue weighted by Crippen LogP contribution is -2.33. The van der Waals surface area contributed by atoms with Gasteiger partial charge in [0.2, 0.25) is 0 Å². The molecule has 1 aliphatic rings. The predicted octanol–water partition coefficient (Wildman–Crippen LogP) is 4.37. The molecule has 0 spiro atoms. The van der Waals surface area contributed by atoms with Gasteiger partial charge in [-0.05, 0) is 41.8 Å². The zero-order valence-electron chi connectivity index (χ0n) is 12.2. The molecule has 1 aliphatic heterocycles. The van der Waals surface area contributed by atoms with E-state index in [1.54, 1.807) is 18.2 Å². The van der Waals surface area contributed by atoms with Crippen molar-refractivity contribution in [2.45, 2.75) is 18.5 Å². The average Bonchev–Trinajstić information content (AvgIpc) is 2.54. The van der Waals surface area contributed by atoms with E-state index < -0.39 is 12.0 Å². The largest absolute Gasteiger partial charge is 0.478 e. The maximum atomic E-state index is 13.5. The Bertz CT molecular complexity index is 775. The van der Waals surface area contributed by atoms with Crippen molar-refractivity contribution >= 4 is 21.9 Å². The van der Waals surface area contributed by atoms with Gasteiger partial charge in [-0.25, -0.2) is 9.18 Å². The third-order valence-corrected chi connectivity index (χ3v) is 4.43. The minimum absolute atomic E-state index is 0.0242. The van der Waals surface area contributed by atoms with E-state index in [-0.39, 0.29) is 17.4 Å². The van der Waals surface area contributed by atoms with Crippen LogP contribution < -0.4 is 5.32 Å². The van der Waals surface area contributed by atoms with E-state index in [9.17, 15) is 14.3 Å². The first-order chi connectivity index (χ1) is 11.0. The lowest BCUT2D eigenvalue weighted by molar-refractivity contribution is -0.133. The molecule has 2 aromatic carbocycles. The Morgan fingerprint density at radius 1 is 1.17 bits per heavy atom. The summed E-state index contributed by atoms with van der Waals surface area (Å²) in [6.45, 7) is 0. The summed E-state index contributed by atoms with van der Waals surface area (Å²) in [6.07, 6.45) is 2.30. The van der Waals surface area contributed by atoms with E-state index in [0.717, 1.165) is 10.0 Å².